The molecule has 0 aromatic carbocycles. The molecule has 0 bridgehead atoms. The number of hydrogen-bond acceptors (Lipinski definition) is 7. The first kappa shape index (κ1) is 21.0. The molecule has 27 heavy (non-hydrogen) atoms. The van der Waals surface area contributed by atoms with Crippen molar-refractivity contribution in [3.8, 4) is 0 Å². The van der Waals surface area contributed by atoms with Gasteiger partial charge in [-0.2, -0.15) is 0 Å². The van der Waals surface area contributed by atoms with E-state index in [1.54, 1.807) is 18.2 Å². The summed E-state index contributed by atoms with van der Waals surface area (Å²) in [5, 5.41) is 10.0. The summed E-state index contributed by atoms with van der Waals surface area (Å²) in [6, 6.07) is 4.90. The van der Waals surface area contributed by atoms with E-state index in [1.165, 1.54) is 12.3 Å². The molecular formula is C16H12N3NaO6S. The number of aromatic nitrogens is 1. The first-order chi connectivity index (χ1) is 12.2. The minimum atomic E-state index is -3.93. The molecule has 1 atom stereocenters. The summed E-state index contributed by atoms with van der Waals surface area (Å²) in [7, 11) is -3.93. The Morgan fingerprint density at radius 1 is 1.33 bits per heavy atom. The average molecular weight is 397 g/mol. The van der Waals surface area contributed by atoms with Crippen molar-refractivity contribution in [1.29, 1.82) is 0 Å². The van der Waals surface area contributed by atoms with Crippen LogP contribution in [0.25, 0.3) is 6.08 Å². The Labute approximate surface area is 176 Å². The molecule has 2 amide bonds. The third kappa shape index (κ3) is 3.88. The maximum absolute atomic E-state index is 12.6. The number of carboxylic acid groups (broad SMARTS) is 1. The van der Waals surface area contributed by atoms with Crippen molar-refractivity contribution in [3.05, 3.63) is 59.1 Å². The number of nitrogens with zero attached hydrogens (tertiary/aromatic N) is 2. The summed E-state index contributed by atoms with van der Waals surface area (Å²) >= 11 is 0. The second-order valence-electron chi connectivity index (χ2n) is 5.59. The second-order valence-corrected chi connectivity index (χ2v) is 7.65. The van der Waals surface area contributed by atoms with Crippen molar-refractivity contribution < 1.29 is 57.5 Å². The van der Waals surface area contributed by atoms with Gasteiger partial charge >= 0.3 is 29.6 Å². The number of allylic oxidation sites excluding steroid dienone is 1. The van der Waals surface area contributed by atoms with Crippen molar-refractivity contribution in [1.82, 2.24) is 9.88 Å². The first-order valence-corrected chi connectivity index (χ1v) is 9.03. The van der Waals surface area contributed by atoms with E-state index in [0.29, 0.717) is 10.6 Å². The van der Waals surface area contributed by atoms with Crippen LogP contribution >= 0.6 is 0 Å². The summed E-state index contributed by atoms with van der Waals surface area (Å²) in [5.74, 6) is -4.07. The van der Waals surface area contributed by atoms with Crippen molar-refractivity contribution >= 4 is 33.7 Å². The van der Waals surface area contributed by atoms with E-state index >= 15 is 0 Å². The van der Waals surface area contributed by atoms with Crippen LogP contribution in [0.1, 0.15) is 5.69 Å². The number of carbonyl (C=O) groups excluding carboxylic acids is 3. The maximum atomic E-state index is 12.6. The number of fused-ring (bicyclic) bond motifs is 1. The minimum absolute atomic E-state index is 0. The SMILES string of the molecule is NC(=O)/C=C/C1=C(C(=O)[O-])N2C(=O)/C(=C/c3ccccn3)[C@H]2S(=O)(=O)C1.[Na+]. The van der Waals surface area contributed by atoms with Crippen molar-refractivity contribution in [2.24, 2.45) is 5.73 Å². The Morgan fingerprint density at radius 2 is 2.04 bits per heavy atom. The van der Waals surface area contributed by atoms with Gasteiger partial charge in [-0.25, -0.2) is 8.42 Å². The van der Waals surface area contributed by atoms with E-state index in [2.05, 4.69) is 4.98 Å². The van der Waals surface area contributed by atoms with Crippen LogP contribution in [0.2, 0.25) is 0 Å². The van der Waals surface area contributed by atoms with Crippen LogP contribution in [0.15, 0.2) is 53.4 Å². The second kappa shape index (κ2) is 7.77. The van der Waals surface area contributed by atoms with Crippen molar-refractivity contribution in [2.75, 3.05) is 5.75 Å². The molecule has 0 unspecified atom stereocenters. The topological polar surface area (TPSA) is 151 Å². The predicted octanol–water partition coefficient (Wildman–Crippen LogP) is -4.89. The number of rotatable bonds is 4. The molecule has 11 heteroatoms. The zero-order valence-electron chi connectivity index (χ0n) is 14.2. The Morgan fingerprint density at radius 3 is 2.59 bits per heavy atom. The fraction of sp³-hybridized carbons (Fsp3) is 0.125. The van der Waals surface area contributed by atoms with Crippen molar-refractivity contribution in [3.63, 3.8) is 0 Å². The van der Waals surface area contributed by atoms with Gasteiger partial charge in [0.2, 0.25) is 5.91 Å². The molecule has 0 saturated carbocycles. The van der Waals surface area contributed by atoms with E-state index in [-0.39, 0.29) is 40.7 Å². The van der Waals surface area contributed by atoms with E-state index in [9.17, 15) is 27.9 Å². The molecule has 1 aromatic rings. The van der Waals surface area contributed by atoms with Gasteiger partial charge in [0.1, 0.15) is 0 Å². The predicted molar refractivity (Wildman–Crippen MR) is 87.0 cm³/mol. The number of hydrogen-bond donors (Lipinski definition) is 1. The number of carbonyl (C=O) groups is 3. The number of sulfone groups is 1. The minimum Gasteiger partial charge on any atom is -0.543 e. The average Bonchev–Trinajstić information content (AvgIpc) is 2.57. The maximum Gasteiger partial charge on any atom is 1.00 e. The largest absolute Gasteiger partial charge is 1.00 e. The molecule has 0 aliphatic carbocycles. The van der Waals surface area contributed by atoms with Crippen LogP contribution < -0.4 is 40.4 Å². The van der Waals surface area contributed by atoms with Crippen LogP contribution in [0, 0.1) is 0 Å². The number of β-lactam (4-membered cyclic amide) rings is 1. The number of aliphatic carboxylic acids is 1. The first-order valence-electron chi connectivity index (χ1n) is 7.32. The molecule has 9 nitrogen and oxygen atoms in total. The monoisotopic (exact) mass is 397 g/mol. The molecule has 2 N–H and O–H groups in total. The van der Waals surface area contributed by atoms with Gasteiger partial charge < -0.3 is 15.6 Å². The van der Waals surface area contributed by atoms with Crippen LogP contribution in [-0.2, 0) is 24.2 Å². The Kier molecular flexibility index (Phi) is 6.05. The molecule has 3 rings (SSSR count). The van der Waals surface area contributed by atoms with Gasteiger partial charge in [0.15, 0.2) is 15.2 Å². The number of carboxylic acids is 1. The zero-order valence-corrected chi connectivity index (χ0v) is 17.0. The number of primary amides is 1. The zero-order chi connectivity index (χ0) is 19.1. The quantitative estimate of drug-likeness (QED) is 0.304. The Balaban J connectivity index is 0.00000261. The normalized spacial score (nSPS) is 22.2. The van der Waals surface area contributed by atoms with Crippen LogP contribution in [0.5, 0.6) is 0 Å². The van der Waals surface area contributed by atoms with E-state index < -0.39 is 44.4 Å². The molecule has 1 fully saturated rings. The molecule has 2 aliphatic heterocycles. The summed E-state index contributed by atoms with van der Waals surface area (Å²) in [5.41, 5.74) is 4.40. The standard InChI is InChI=1S/C16H13N3O6S.Na/c17-12(20)5-4-9-8-26(24,25)15-11(7-10-3-1-2-6-18-10)14(21)19(15)13(9)16(22)23;/h1-7,15H,8H2,(H2,17,20)(H,22,23);/q;+1/p-1/b5-4+,11-7-;/t15-;/m1./s1. The molecule has 0 spiro atoms. The van der Waals surface area contributed by atoms with Crippen LogP contribution in [0.4, 0.5) is 0 Å². The summed E-state index contributed by atoms with van der Waals surface area (Å²) in [6.07, 6.45) is 4.57. The molecule has 1 aromatic heterocycles. The molecule has 0 radical (unpaired) electrons. The van der Waals surface area contributed by atoms with E-state index in [0.717, 1.165) is 12.2 Å². The summed E-state index contributed by atoms with van der Waals surface area (Å²) < 4.78 is 25.1. The smallest absolute Gasteiger partial charge is 0.543 e. The molecule has 1 saturated heterocycles. The number of amides is 2. The molecule has 3 heterocycles. The van der Waals surface area contributed by atoms with Crippen LogP contribution in [0.3, 0.4) is 0 Å². The van der Waals surface area contributed by atoms with Gasteiger partial charge in [-0.15, -0.1) is 0 Å². The van der Waals surface area contributed by atoms with Gasteiger partial charge in [-0.1, -0.05) is 12.1 Å². The van der Waals surface area contributed by atoms with Gasteiger partial charge in [0, 0.05) is 12.3 Å². The number of nitrogens with two attached hydrogens (primary N) is 1. The Bertz CT molecular complexity index is 1010. The fourth-order valence-corrected chi connectivity index (χ4v) is 4.71. The van der Waals surface area contributed by atoms with Crippen LogP contribution in [-0.4, -0.2) is 47.2 Å². The van der Waals surface area contributed by atoms with Gasteiger partial charge in [-0.3, -0.25) is 19.5 Å². The van der Waals surface area contributed by atoms with E-state index in [1.807, 2.05) is 0 Å². The van der Waals surface area contributed by atoms with Gasteiger partial charge in [0.05, 0.1) is 28.7 Å². The third-order valence-corrected chi connectivity index (χ3v) is 5.70. The summed E-state index contributed by atoms with van der Waals surface area (Å²) in [4.78, 5) is 39.4. The number of pyridine rings is 1. The fourth-order valence-electron chi connectivity index (χ4n) is 2.81. The van der Waals surface area contributed by atoms with Gasteiger partial charge in [0.25, 0.3) is 5.91 Å². The van der Waals surface area contributed by atoms with Crippen molar-refractivity contribution in [2.45, 2.75) is 5.37 Å². The molecule has 2 aliphatic rings. The van der Waals surface area contributed by atoms with Gasteiger partial charge in [-0.05, 0) is 23.8 Å². The summed E-state index contributed by atoms with van der Waals surface area (Å²) in [6.45, 7) is 0. The molecular weight excluding hydrogens is 385 g/mol. The molecule has 134 valence electrons. The third-order valence-electron chi connectivity index (χ3n) is 3.84. The van der Waals surface area contributed by atoms with E-state index in [4.69, 9.17) is 5.73 Å². The Hall–Kier alpha value is -2.27.